The maximum atomic E-state index is 11.1. The molecule has 0 spiro atoms. The van der Waals surface area contributed by atoms with Crippen LogP contribution in [0.2, 0.25) is 0 Å². The number of rotatable bonds is 4. The standard InChI is InChI=1S/C18H12BrN3O2/c19-14-4-5-16-13(7-12(9-20)18(23)24)10-22(17(16)8-14)11-15-3-1-2-6-21-15/h1-8,10H,11H2,(H,23,24)/b12-7+. The molecule has 0 aliphatic rings. The van der Waals surface area contributed by atoms with Gasteiger partial charge >= 0.3 is 5.97 Å². The average molecular weight is 382 g/mol. The summed E-state index contributed by atoms with van der Waals surface area (Å²) in [5.74, 6) is -1.24. The summed E-state index contributed by atoms with van der Waals surface area (Å²) < 4.78 is 2.91. The number of hydrogen-bond acceptors (Lipinski definition) is 3. The van der Waals surface area contributed by atoms with Crippen LogP contribution in [0.4, 0.5) is 0 Å². The summed E-state index contributed by atoms with van der Waals surface area (Å²) in [6, 6.07) is 13.2. The van der Waals surface area contributed by atoms with Crippen molar-refractivity contribution in [1.29, 1.82) is 5.26 Å². The van der Waals surface area contributed by atoms with Crippen molar-refractivity contribution in [2.75, 3.05) is 0 Å². The number of benzene rings is 1. The van der Waals surface area contributed by atoms with Crippen LogP contribution in [0.5, 0.6) is 0 Å². The molecule has 0 radical (unpaired) electrons. The van der Waals surface area contributed by atoms with E-state index in [1.165, 1.54) is 6.08 Å². The molecule has 1 aromatic carbocycles. The van der Waals surface area contributed by atoms with Crippen LogP contribution >= 0.6 is 15.9 Å². The molecule has 2 aromatic heterocycles. The molecule has 0 unspecified atom stereocenters. The smallest absolute Gasteiger partial charge is 0.346 e. The molecular weight excluding hydrogens is 370 g/mol. The van der Waals surface area contributed by atoms with Crippen LogP contribution in [-0.2, 0) is 11.3 Å². The molecule has 0 amide bonds. The molecule has 3 aromatic rings. The molecule has 0 saturated carbocycles. The van der Waals surface area contributed by atoms with Crippen molar-refractivity contribution in [3.05, 3.63) is 70.1 Å². The predicted octanol–water partition coefficient (Wildman–Crippen LogP) is 3.84. The minimum Gasteiger partial charge on any atom is -0.477 e. The van der Waals surface area contributed by atoms with Gasteiger partial charge in [-0.2, -0.15) is 5.26 Å². The fourth-order valence-electron chi connectivity index (χ4n) is 2.50. The quantitative estimate of drug-likeness (QED) is 0.549. The number of nitriles is 1. The van der Waals surface area contributed by atoms with Crippen LogP contribution in [0.1, 0.15) is 11.3 Å². The molecule has 0 aliphatic carbocycles. The third kappa shape index (κ3) is 3.21. The molecule has 6 heteroatoms. The second kappa shape index (κ2) is 6.69. The van der Waals surface area contributed by atoms with E-state index in [2.05, 4.69) is 20.9 Å². The second-order valence-corrected chi connectivity index (χ2v) is 6.09. The Morgan fingerprint density at radius 2 is 2.21 bits per heavy atom. The lowest BCUT2D eigenvalue weighted by molar-refractivity contribution is -0.132. The molecule has 24 heavy (non-hydrogen) atoms. The molecule has 5 nitrogen and oxygen atoms in total. The summed E-state index contributed by atoms with van der Waals surface area (Å²) in [7, 11) is 0. The van der Waals surface area contributed by atoms with Crippen LogP contribution in [0.25, 0.3) is 17.0 Å². The van der Waals surface area contributed by atoms with E-state index in [4.69, 9.17) is 10.4 Å². The van der Waals surface area contributed by atoms with Crippen molar-refractivity contribution in [2.45, 2.75) is 6.54 Å². The Kier molecular flexibility index (Phi) is 4.45. The number of hydrogen-bond donors (Lipinski definition) is 1. The summed E-state index contributed by atoms with van der Waals surface area (Å²) in [5.41, 5.74) is 2.22. The summed E-state index contributed by atoms with van der Waals surface area (Å²) in [6.07, 6.45) is 4.97. The Bertz CT molecular complexity index is 985. The normalized spacial score (nSPS) is 11.4. The van der Waals surface area contributed by atoms with E-state index in [0.29, 0.717) is 12.1 Å². The molecule has 2 heterocycles. The first-order chi connectivity index (χ1) is 11.6. The van der Waals surface area contributed by atoms with Crippen molar-refractivity contribution >= 4 is 38.9 Å². The van der Waals surface area contributed by atoms with Crippen LogP contribution < -0.4 is 0 Å². The number of carboxylic acids is 1. The van der Waals surface area contributed by atoms with Gasteiger partial charge in [0.05, 0.1) is 17.8 Å². The summed E-state index contributed by atoms with van der Waals surface area (Å²) >= 11 is 3.46. The van der Waals surface area contributed by atoms with E-state index in [1.807, 2.05) is 47.2 Å². The number of carboxylic acid groups (broad SMARTS) is 1. The lowest BCUT2D eigenvalue weighted by Crippen LogP contribution is -1.99. The number of carbonyl (C=O) groups is 1. The highest BCUT2D eigenvalue weighted by molar-refractivity contribution is 9.10. The van der Waals surface area contributed by atoms with Crippen LogP contribution in [-0.4, -0.2) is 20.6 Å². The molecular formula is C18H12BrN3O2. The van der Waals surface area contributed by atoms with Crippen molar-refractivity contribution in [2.24, 2.45) is 0 Å². The van der Waals surface area contributed by atoms with Gasteiger partial charge in [0, 0.05) is 27.8 Å². The first kappa shape index (κ1) is 16.0. The van der Waals surface area contributed by atoms with Gasteiger partial charge in [-0.1, -0.05) is 28.1 Å². The van der Waals surface area contributed by atoms with Crippen molar-refractivity contribution < 1.29 is 9.90 Å². The zero-order valence-corrected chi connectivity index (χ0v) is 14.1. The van der Waals surface area contributed by atoms with E-state index in [0.717, 1.165) is 21.1 Å². The molecule has 0 saturated heterocycles. The maximum absolute atomic E-state index is 11.1. The van der Waals surface area contributed by atoms with Crippen molar-refractivity contribution in [3.8, 4) is 6.07 Å². The molecule has 3 rings (SSSR count). The van der Waals surface area contributed by atoms with Gasteiger partial charge in [-0.05, 0) is 30.3 Å². The van der Waals surface area contributed by atoms with Crippen LogP contribution in [0, 0.1) is 11.3 Å². The Hall–Kier alpha value is -2.91. The summed E-state index contributed by atoms with van der Waals surface area (Å²) in [6.45, 7) is 0.552. The molecule has 0 aliphatic heterocycles. The molecule has 0 fully saturated rings. The van der Waals surface area contributed by atoms with Crippen LogP contribution in [0.3, 0.4) is 0 Å². The largest absolute Gasteiger partial charge is 0.477 e. The first-order valence-electron chi connectivity index (χ1n) is 7.12. The number of nitrogens with zero attached hydrogens (tertiary/aromatic N) is 3. The van der Waals surface area contributed by atoms with Gasteiger partial charge in [0.2, 0.25) is 0 Å². The zero-order valence-electron chi connectivity index (χ0n) is 12.5. The molecule has 0 atom stereocenters. The fraction of sp³-hybridized carbons (Fsp3) is 0.0556. The SMILES string of the molecule is N#C/C(=C\c1cn(Cc2ccccn2)c2cc(Br)ccc12)C(=O)O. The number of halogens is 1. The second-order valence-electron chi connectivity index (χ2n) is 5.17. The number of fused-ring (bicyclic) bond motifs is 1. The van der Waals surface area contributed by atoms with Gasteiger partial charge < -0.3 is 9.67 Å². The summed E-state index contributed by atoms with van der Waals surface area (Å²) in [4.78, 5) is 15.4. The molecule has 1 N–H and O–H groups in total. The predicted molar refractivity (Wildman–Crippen MR) is 94.2 cm³/mol. The minimum absolute atomic E-state index is 0.296. The number of aliphatic carboxylic acids is 1. The third-order valence-electron chi connectivity index (χ3n) is 3.58. The topological polar surface area (TPSA) is 78.9 Å². The number of aromatic nitrogens is 2. The minimum atomic E-state index is -1.24. The van der Waals surface area contributed by atoms with Gasteiger partial charge in [0.25, 0.3) is 0 Å². The lowest BCUT2D eigenvalue weighted by atomic mass is 10.1. The number of pyridine rings is 1. The monoisotopic (exact) mass is 381 g/mol. The van der Waals surface area contributed by atoms with Gasteiger partial charge in [0.15, 0.2) is 0 Å². The summed E-state index contributed by atoms with van der Waals surface area (Å²) in [5, 5.41) is 18.9. The van der Waals surface area contributed by atoms with Crippen molar-refractivity contribution in [1.82, 2.24) is 9.55 Å². The fourth-order valence-corrected chi connectivity index (χ4v) is 2.85. The third-order valence-corrected chi connectivity index (χ3v) is 4.08. The van der Waals surface area contributed by atoms with Crippen molar-refractivity contribution in [3.63, 3.8) is 0 Å². The average Bonchev–Trinajstić information content (AvgIpc) is 2.90. The zero-order chi connectivity index (χ0) is 17.1. The van der Waals surface area contributed by atoms with E-state index in [-0.39, 0.29) is 5.57 Å². The Balaban J connectivity index is 2.15. The van der Waals surface area contributed by atoms with E-state index < -0.39 is 5.97 Å². The van der Waals surface area contributed by atoms with E-state index in [1.54, 1.807) is 12.3 Å². The maximum Gasteiger partial charge on any atom is 0.346 e. The molecule has 118 valence electrons. The highest BCUT2D eigenvalue weighted by Crippen LogP contribution is 2.27. The van der Waals surface area contributed by atoms with E-state index >= 15 is 0 Å². The van der Waals surface area contributed by atoms with Gasteiger partial charge in [0.1, 0.15) is 11.6 Å². The Morgan fingerprint density at radius 1 is 1.38 bits per heavy atom. The molecule has 0 bridgehead atoms. The Morgan fingerprint density at radius 3 is 2.88 bits per heavy atom. The first-order valence-corrected chi connectivity index (χ1v) is 7.91. The highest BCUT2D eigenvalue weighted by Gasteiger charge is 2.12. The van der Waals surface area contributed by atoms with Gasteiger partial charge in [-0.25, -0.2) is 4.79 Å². The highest BCUT2D eigenvalue weighted by atomic mass is 79.9. The van der Waals surface area contributed by atoms with Gasteiger partial charge in [-0.15, -0.1) is 0 Å². The van der Waals surface area contributed by atoms with Crippen LogP contribution in [0.15, 0.2) is 58.8 Å². The van der Waals surface area contributed by atoms with E-state index in [9.17, 15) is 4.79 Å². The Labute approximate surface area is 146 Å². The lowest BCUT2D eigenvalue weighted by Gasteiger charge is -2.04. The van der Waals surface area contributed by atoms with Gasteiger partial charge in [-0.3, -0.25) is 4.98 Å².